The highest BCUT2D eigenvalue weighted by Gasteiger charge is 2.44. The maximum Gasteiger partial charge on any atom is 0.238 e. The number of rotatable bonds is 2. The number of carbonyl (C=O) groups excluding carboxylic acids is 2. The molecule has 6 heteroatoms. The topological polar surface area (TPSA) is 76.2 Å². The van der Waals surface area contributed by atoms with E-state index in [0.29, 0.717) is 18.7 Å². The van der Waals surface area contributed by atoms with E-state index >= 15 is 0 Å². The third-order valence-electron chi connectivity index (χ3n) is 4.24. The van der Waals surface area contributed by atoms with Gasteiger partial charge in [0, 0.05) is 17.4 Å². The SMILES string of the molecule is CC1(C(=O)[O-])c2[nH]c3ccccc3c2CCN1C(=O)CCl. The number of nitrogens with one attached hydrogen (secondary N) is 1. The second-order valence-corrected chi connectivity index (χ2v) is 5.58. The number of carboxylic acid groups (broad SMARTS) is 1. The average Bonchev–Trinajstić information content (AvgIpc) is 2.86. The number of nitrogens with zero attached hydrogens (tertiary/aromatic N) is 1. The zero-order valence-corrected chi connectivity index (χ0v) is 12.2. The lowest BCUT2D eigenvalue weighted by atomic mass is 9.86. The van der Waals surface area contributed by atoms with Crippen LogP contribution in [-0.2, 0) is 21.5 Å². The summed E-state index contributed by atoms with van der Waals surface area (Å²) in [5, 5.41) is 12.8. The number of aliphatic carboxylic acids is 1. The molecule has 1 aromatic heterocycles. The molecule has 3 rings (SSSR count). The van der Waals surface area contributed by atoms with Crippen LogP contribution in [0.5, 0.6) is 0 Å². The zero-order chi connectivity index (χ0) is 15.2. The summed E-state index contributed by atoms with van der Waals surface area (Å²) in [4.78, 5) is 28.2. The van der Waals surface area contributed by atoms with E-state index in [4.69, 9.17) is 11.6 Å². The minimum atomic E-state index is -1.53. The highest BCUT2D eigenvalue weighted by atomic mass is 35.5. The van der Waals surface area contributed by atoms with Gasteiger partial charge in [-0.1, -0.05) is 18.2 Å². The Morgan fingerprint density at radius 2 is 2.14 bits per heavy atom. The van der Waals surface area contributed by atoms with Gasteiger partial charge in [-0.25, -0.2) is 0 Å². The summed E-state index contributed by atoms with van der Waals surface area (Å²) in [7, 11) is 0. The number of hydrogen-bond donors (Lipinski definition) is 1. The predicted molar refractivity (Wildman–Crippen MR) is 76.8 cm³/mol. The fraction of sp³-hybridized carbons (Fsp3) is 0.333. The third-order valence-corrected chi connectivity index (χ3v) is 4.47. The number of para-hydroxylation sites is 1. The van der Waals surface area contributed by atoms with Crippen LogP contribution in [0, 0.1) is 0 Å². The van der Waals surface area contributed by atoms with Crippen molar-refractivity contribution in [1.29, 1.82) is 0 Å². The molecular formula is C15H14ClN2O3-. The largest absolute Gasteiger partial charge is 0.547 e. The molecule has 1 amide bonds. The molecule has 1 aliphatic rings. The summed E-state index contributed by atoms with van der Waals surface area (Å²) >= 11 is 5.61. The van der Waals surface area contributed by atoms with Crippen molar-refractivity contribution in [1.82, 2.24) is 9.88 Å². The van der Waals surface area contributed by atoms with E-state index in [1.165, 1.54) is 11.8 Å². The number of aromatic amines is 1. The van der Waals surface area contributed by atoms with Crippen LogP contribution in [-0.4, -0.2) is 34.2 Å². The number of H-pyrrole nitrogens is 1. The van der Waals surface area contributed by atoms with Crippen LogP contribution < -0.4 is 5.11 Å². The van der Waals surface area contributed by atoms with Gasteiger partial charge in [0.15, 0.2) is 0 Å². The first-order chi connectivity index (χ1) is 10.00. The van der Waals surface area contributed by atoms with E-state index in [2.05, 4.69) is 4.98 Å². The van der Waals surface area contributed by atoms with E-state index < -0.39 is 17.4 Å². The van der Waals surface area contributed by atoms with E-state index in [-0.39, 0.29) is 5.88 Å². The molecule has 2 heterocycles. The summed E-state index contributed by atoms with van der Waals surface area (Å²) in [6.07, 6.45) is 0.588. The van der Waals surface area contributed by atoms with Crippen molar-refractivity contribution in [3.8, 4) is 0 Å². The Labute approximate surface area is 126 Å². The molecule has 1 aliphatic heterocycles. The van der Waals surface area contributed by atoms with Crippen LogP contribution in [0.3, 0.4) is 0 Å². The van der Waals surface area contributed by atoms with Crippen LogP contribution in [0.25, 0.3) is 10.9 Å². The van der Waals surface area contributed by atoms with Crippen molar-refractivity contribution in [2.24, 2.45) is 0 Å². The summed E-state index contributed by atoms with van der Waals surface area (Å²) < 4.78 is 0. The molecule has 0 fully saturated rings. The smallest absolute Gasteiger partial charge is 0.238 e. The quantitative estimate of drug-likeness (QED) is 0.832. The number of hydrogen-bond acceptors (Lipinski definition) is 3. The number of halogens is 1. The maximum atomic E-state index is 12.0. The van der Waals surface area contributed by atoms with Gasteiger partial charge >= 0.3 is 0 Å². The summed E-state index contributed by atoms with van der Waals surface area (Å²) in [6, 6.07) is 7.61. The number of carbonyl (C=O) groups is 2. The van der Waals surface area contributed by atoms with Crippen molar-refractivity contribution in [2.75, 3.05) is 12.4 Å². The minimum Gasteiger partial charge on any atom is -0.547 e. The molecule has 5 nitrogen and oxygen atoms in total. The molecule has 0 saturated heterocycles. The van der Waals surface area contributed by atoms with Crippen molar-refractivity contribution in [2.45, 2.75) is 18.9 Å². The highest BCUT2D eigenvalue weighted by molar-refractivity contribution is 6.27. The molecule has 0 radical (unpaired) electrons. The van der Waals surface area contributed by atoms with Crippen LogP contribution in [0.1, 0.15) is 18.2 Å². The Kier molecular flexibility index (Phi) is 3.17. The Morgan fingerprint density at radius 3 is 2.81 bits per heavy atom. The van der Waals surface area contributed by atoms with Gasteiger partial charge in [0.25, 0.3) is 0 Å². The van der Waals surface area contributed by atoms with Gasteiger partial charge in [-0.3, -0.25) is 4.79 Å². The van der Waals surface area contributed by atoms with Gasteiger partial charge in [-0.05, 0) is 25.0 Å². The van der Waals surface area contributed by atoms with Gasteiger partial charge in [-0.15, -0.1) is 11.6 Å². The van der Waals surface area contributed by atoms with E-state index in [1.807, 2.05) is 24.3 Å². The lowest BCUT2D eigenvalue weighted by molar-refractivity contribution is -0.319. The Bertz CT molecular complexity index is 740. The van der Waals surface area contributed by atoms with Gasteiger partial charge in [-0.2, -0.15) is 0 Å². The molecule has 0 aliphatic carbocycles. The molecule has 1 aromatic carbocycles. The number of aromatic nitrogens is 1. The molecule has 1 N–H and O–H groups in total. The fourth-order valence-electron chi connectivity index (χ4n) is 3.12. The first-order valence-corrected chi connectivity index (χ1v) is 7.21. The van der Waals surface area contributed by atoms with Crippen LogP contribution in [0.4, 0.5) is 0 Å². The van der Waals surface area contributed by atoms with E-state index in [9.17, 15) is 14.7 Å². The van der Waals surface area contributed by atoms with Gasteiger partial charge < -0.3 is 19.8 Å². The molecule has 2 aromatic rings. The second-order valence-electron chi connectivity index (χ2n) is 5.31. The van der Waals surface area contributed by atoms with Crippen LogP contribution in [0.15, 0.2) is 24.3 Å². The van der Waals surface area contributed by atoms with E-state index in [1.54, 1.807) is 0 Å². The predicted octanol–water partition coefficient (Wildman–Crippen LogP) is 0.756. The number of fused-ring (bicyclic) bond motifs is 3. The molecule has 110 valence electrons. The van der Waals surface area contributed by atoms with Crippen LogP contribution >= 0.6 is 11.6 Å². The summed E-state index contributed by atoms with van der Waals surface area (Å²) in [5.41, 5.74) is 0.762. The molecule has 0 bridgehead atoms. The summed E-state index contributed by atoms with van der Waals surface area (Å²) in [6.45, 7) is 1.80. The molecule has 0 spiro atoms. The number of benzene rings is 1. The van der Waals surface area contributed by atoms with Crippen LogP contribution in [0.2, 0.25) is 0 Å². The molecule has 0 saturated carbocycles. The number of carboxylic acids is 1. The summed E-state index contributed by atoms with van der Waals surface area (Å²) in [5.74, 6) is -1.97. The van der Waals surface area contributed by atoms with Crippen molar-refractivity contribution in [3.63, 3.8) is 0 Å². The van der Waals surface area contributed by atoms with Crippen molar-refractivity contribution < 1.29 is 14.7 Å². The first kappa shape index (κ1) is 13.9. The maximum absolute atomic E-state index is 12.0. The highest BCUT2D eigenvalue weighted by Crippen LogP contribution is 2.38. The Morgan fingerprint density at radius 1 is 1.43 bits per heavy atom. The van der Waals surface area contributed by atoms with Crippen molar-refractivity contribution >= 4 is 34.4 Å². The molecule has 21 heavy (non-hydrogen) atoms. The van der Waals surface area contributed by atoms with Crippen molar-refractivity contribution in [3.05, 3.63) is 35.5 Å². The molecule has 1 atom stereocenters. The normalized spacial score (nSPS) is 21.3. The van der Waals surface area contributed by atoms with Gasteiger partial charge in [0.1, 0.15) is 11.4 Å². The standard InChI is InChI=1S/C15H15ClN2O3/c1-15(14(20)21)13-10(6-7-18(15)12(19)8-16)9-4-2-3-5-11(9)17-13/h2-5,17H,6-8H2,1H3,(H,20,21)/p-1. The Balaban J connectivity index is 2.25. The fourth-order valence-corrected chi connectivity index (χ4v) is 3.26. The lowest BCUT2D eigenvalue weighted by Crippen LogP contribution is -2.60. The minimum absolute atomic E-state index is 0.252. The van der Waals surface area contributed by atoms with Gasteiger partial charge in [0.05, 0.1) is 11.7 Å². The van der Waals surface area contributed by atoms with Gasteiger partial charge in [0.2, 0.25) is 5.91 Å². The average molecular weight is 306 g/mol. The Hall–Kier alpha value is -2.01. The monoisotopic (exact) mass is 305 g/mol. The van der Waals surface area contributed by atoms with E-state index in [0.717, 1.165) is 16.5 Å². The molecular weight excluding hydrogens is 292 g/mol. The molecule has 1 unspecified atom stereocenters. The first-order valence-electron chi connectivity index (χ1n) is 6.68. The lowest BCUT2D eigenvalue weighted by Gasteiger charge is -2.45. The number of alkyl halides is 1. The number of amides is 1. The zero-order valence-electron chi connectivity index (χ0n) is 11.5. The second kappa shape index (κ2) is 4.77. The third kappa shape index (κ3) is 1.84.